The first-order valence-electron chi connectivity index (χ1n) is 6.18. The van der Waals surface area contributed by atoms with Crippen LogP contribution in [-0.2, 0) is 6.54 Å². The molecular formula is C15H10Cl2N4. The van der Waals surface area contributed by atoms with Gasteiger partial charge in [0.1, 0.15) is 0 Å². The lowest BCUT2D eigenvalue weighted by molar-refractivity contribution is 0.838. The molecule has 3 rings (SSSR count). The van der Waals surface area contributed by atoms with Gasteiger partial charge in [0, 0.05) is 0 Å². The number of nitrogens with zero attached hydrogens (tertiary/aromatic N) is 3. The van der Waals surface area contributed by atoms with E-state index in [9.17, 15) is 0 Å². The summed E-state index contributed by atoms with van der Waals surface area (Å²) in [5.41, 5.74) is 9.05. The van der Waals surface area contributed by atoms with Gasteiger partial charge in [-0.1, -0.05) is 35.3 Å². The number of imidazole rings is 1. The van der Waals surface area contributed by atoms with E-state index in [1.54, 1.807) is 18.2 Å². The molecule has 0 bridgehead atoms. The zero-order valence-electron chi connectivity index (χ0n) is 10.8. The average Bonchev–Trinajstić information content (AvgIpc) is 2.76. The highest BCUT2D eigenvalue weighted by Crippen LogP contribution is 2.29. The maximum atomic E-state index is 8.96. The standard InChI is InChI=1S/C15H10Cl2N4/c16-11-5-13-14(6-12(11)17)21(15(19)20-13)8-10-3-1-2-9(4-10)7-18/h1-6H,8H2,(H2,19,20). The van der Waals surface area contributed by atoms with Crippen LogP contribution >= 0.6 is 23.2 Å². The minimum Gasteiger partial charge on any atom is -0.369 e. The van der Waals surface area contributed by atoms with Gasteiger partial charge in [0.25, 0.3) is 0 Å². The van der Waals surface area contributed by atoms with Crippen molar-refractivity contribution in [1.29, 1.82) is 5.26 Å². The predicted molar refractivity (Wildman–Crippen MR) is 84.4 cm³/mol. The number of benzene rings is 2. The van der Waals surface area contributed by atoms with Crippen LogP contribution in [-0.4, -0.2) is 9.55 Å². The van der Waals surface area contributed by atoms with Crippen molar-refractivity contribution in [2.75, 3.05) is 5.73 Å². The van der Waals surface area contributed by atoms with Gasteiger partial charge in [0.05, 0.1) is 39.3 Å². The quantitative estimate of drug-likeness (QED) is 0.780. The summed E-state index contributed by atoms with van der Waals surface area (Å²) < 4.78 is 1.84. The molecule has 2 aromatic carbocycles. The van der Waals surface area contributed by atoms with Gasteiger partial charge in [-0.15, -0.1) is 0 Å². The fourth-order valence-electron chi connectivity index (χ4n) is 2.23. The summed E-state index contributed by atoms with van der Waals surface area (Å²) in [5, 5.41) is 9.85. The fraction of sp³-hybridized carbons (Fsp3) is 0.0667. The van der Waals surface area contributed by atoms with E-state index in [0.29, 0.717) is 33.6 Å². The van der Waals surface area contributed by atoms with Crippen molar-refractivity contribution in [3.8, 4) is 6.07 Å². The molecule has 0 amide bonds. The van der Waals surface area contributed by atoms with Crippen molar-refractivity contribution in [2.45, 2.75) is 6.54 Å². The Hall–Kier alpha value is -2.22. The molecule has 0 unspecified atom stereocenters. The number of nitrogens with two attached hydrogens (primary N) is 1. The minimum atomic E-state index is 0.380. The van der Waals surface area contributed by atoms with E-state index in [1.807, 2.05) is 22.8 Å². The van der Waals surface area contributed by atoms with Gasteiger partial charge in [0.15, 0.2) is 0 Å². The Morgan fingerprint density at radius 2 is 1.95 bits per heavy atom. The average molecular weight is 317 g/mol. The third-order valence-corrected chi connectivity index (χ3v) is 3.94. The van der Waals surface area contributed by atoms with Gasteiger partial charge in [-0.3, -0.25) is 0 Å². The van der Waals surface area contributed by atoms with Crippen molar-refractivity contribution >= 4 is 40.2 Å². The molecule has 2 N–H and O–H groups in total. The molecular weight excluding hydrogens is 307 g/mol. The van der Waals surface area contributed by atoms with E-state index < -0.39 is 0 Å². The van der Waals surface area contributed by atoms with E-state index >= 15 is 0 Å². The number of anilines is 1. The van der Waals surface area contributed by atoms with Gasteiger partial charge < -0.3 is 10.3 Å². The fourth-order valence-corrected chi connectivity index (χ4v) is 2.54. The molecule has 0 aliphatic heterocycles. The van der Waals surface area contributed by atoms with Crippen LogP contribution in [0.3, 0.4) is 0 Å². The van der Waals surface area contributed by atoms with Crippen molar-refractivity contribution in [1.82, 2.24) is 9.55 Å². The molecule has 0 radical (unpaired) electrons. The number of hydrogen-bond donors (Lipinski definition) is 1. The lowest BCUT2D eigenvalue weighted by Crippen LogP contribution is -2.04. The minimum absolute atomic E-state index is 0.380. The summed E-state index contributed by atoms with van der Waals surface area (Å²) in [6.07, 6.45) is 0. The Morgan fingerprint density at radius 1 is 1.19 bits per heavy atom. The van der Waals surface area contributed by atoms with Gasteiger partial charge in [0.2, 0.25) is 5.95 Å². The molecule has 4 nitrogen and oxygen atoms in total. The zero-order valence-corrected chi connectivity index (χ0v) is 12.4. The van der Waals surface area contributed by atoms with E-state index in [4.69, 9.17) is 34.2 Å². The second kappa shape index (κ2) is 5.28. The van der Waals surface area contributed by atoms with Crippen LogP contribution in [0, 0.1) is 11.3 Å². The largest absolute Gasteiger partial charge is 0.369 e. The number of nitriles is 1. The summed E-state index contributed by atoms with van der Waals surface area (Å²) in [7, 11) is 0. The van der Waals surface area contributed by atoms with Gasteiger partial charge in [-0.2, -0.15) is 5.26 Å². The molecule has 0 fully saturated rings. The number of fused-ring (bicyclic) bond motifs is 1. The van der Waals surface area contributed by atoms with Crippen LogP contribution in [0.2, 0.25) is 10.0 Å². The van der Waals surface area contributed by atoms with Crippen molar-refractivity contribution in [3.63, 3.8) is 0 Å². The second-order valence-corrected chi connectivity index (χ2v) is 5.44. The highest BCUT2D eigenvalue weighted by molar-refractivity contribution is 6.42. The first-order valence-corrected chi connectivity index (χ1v) is 6.94. The molecule has 0 spiro atoms. The highest BCUT2D eigenvalue weighted by Gasteiger charge is 2.11. The van der Waals surface area contributed by atoms with E-state index in [1.165, 1.54) is 0 Å². The Bertz CT molecular complexity index is 877. The van der Waals surface area contributed by atoms with Crippen molar-refractivity contribution in [2.24, 2.45) is 0 Å². The first kappa shape index (κ1) is 13.7. The summed E-state index contributed by atoms with van der Waals surface area (Å²) in [5.74, 6) is 0.380. The van der Waals surface area contributed by atoms with Crippen LogP contribution in [0.5, 0.6) is 0 Å². The number of aromatic nitrogens is 2. The van der Waals surface area contributed by atoms with Crippen LogP contribution in [0.15, 0.2) is 36.4 Å². The summed E-state index contributed by atoms with van der Waals surface area (Å²) in [6, 6.07) is 12.9. The van der Waals surface area contributed by atoms with Gasteiger partial charge >= 0.3 is 0 Å². The Morgan fingerprint density at radius 3 is 2.71 bits per heavy atom. The molecule has 3 aromatic rings. The molecule has 104 valence electrons. The van der Waals surface area contributed by atoms with E-state index in [2.05, 4.69) is 11.1 Å². The Balaban J connectivity index is 2.10. The second-order valence-electron chi connectivity index (χ2n) is 4.62. The molecule has 0 aliphatic carbocycles. The maximum absolute atomic E-state index is 8.96. The number of halogens is 2. The molecule has 1 aromatic heterocycles. The van der Waals surface area contributed by atoms with Crippen LogP contribution in [0.25, 0.3) is 11.0 Å². The third-order valence-electron chi connectivity index (χ3n) is 3.22. The monoisotopic (exact) mass is 316 g/mol. The molecule has 1 heterocycles. The topological polar surface area (TPSA) is 67.6 Å². The van der Waals surface area contributed by atoms with Crippen molar-refractivity contribution < 1.29 is 0 Å². The Labute approximate surface area is 131 Å². The molecule has 21 heavy (non-hydrogen) atoms. The maximum Gasteiger partial charge on any atom is 0.201 e. The summed E-state index contributed by atoms with van der Waals surface area (Å²) in [4.78, 5) is 4.29. The van der Waals surface area contributed by atoms with Gasteiger partial charge in [-0.05, 0) is 29.8 Å². The highest BCUT2D eigenvalue weighted by atomic mass is 35.5. The zero-order chi connectivity index (χ0) is 15.0. The normalized spacial score (nSPS) is 10.7. The number of hydrogen-bond acceptors (Lipinski definition) is 3. The first-order chi connectivity index (χ1) is 10.1. The number of rotatable bonds is 2. The molecule has 6 heteroatoms. The SMILES string of the molecule is N#Cc1cccc(Cn2c(N)nc3cc(Cl)c(Cl)cc32)c1. The van der Waals surface area contributed by atoms with Crippen LogP contribution < -0.4 is 5.73 Å². The molecule has 0 aliphatic rings. The smallest absolute Gasteiger partial charge is 0.201 e. The summed E-state index contributed by atoms with van der Waals surface area (Å²) in [6.45, 7) is 0.510. The molecule has 0 saturated heterocycles. The summed E-state index contributed by atoms with van der Waals surface area (Å²) >= 11 is 12.1. The lowest BCUT2D eigenvalue weighted by Gasteiger charge is -2.07. The molecule has 0 saturated carbocycles. The van der Waals surface area contributed by atoms with Crippen molar-refractivity contribution in [3.05, 3.63) is 57.6 Å². The van der Waals surface area contributed by atoms with E-state index in [-0.39, 0.29) is 0 Å². The predicted octanol–water partition coefficient (Wildman–Crippen LogP) is 3.85. The Kier molecular flexibility index (Phi) is 3.46. The number of nitrogen functional groups attached to an aromatic ring is 1. The van der Waals surface area contributed by atoms with Crippen LogP contribution in [0.4, 0.5) is 5.95 Å². The third kappa shape index (κ3) is 2.54. The van der Waals surface area contributed by atoms with E-state index in [0.717, 1.165) is 11.1 Å². The lowest BCUT2D eigenvalue weighted by atomic mass is 10.1. The van der Waals surface area contributed by atoms with Gasteiger partial charge in [-0.25, -0.2) is 4.98 Å². The molecule has 0 atom stereocenters. The van der Waals surface area contributed by atoms with Crippen LogP contribution in [0.1, 0.15) is 11.1 Å².